The molecule has 21 heavy (non-hydrogen) atoms. The van der Waals surface area contributed by atoms with Gasteiger partial charge in [0.1, 0.15) is 0 Å². The van der Waals surface area contributed by atoms with Crippen LogP contribution in [0.25, 0.3) is 0 Å². The van der Waals surface area contributed by atoms with Gasteiger partial charge in [-0.2, -0.15) is 0 Å². The molecule has 0 radical (unpaired) electrons. The zero-order valence-corrected chi connectivity index (χ0v) is 12.9. The number of rotatable bonds is 5. The molecule has 1 aromatic rings. The van der Waals surface area contributed by atoms with Crippen LogP contribution in [0.1, 0.15) is 37.7 Å². The normalized spacial score (nSPS) is 23.0. The first-order valence-electron chi connectivity index (χ1n) is 8.32. The molecule has 1 N–H and O–H groups in total. The smallest absolute Gasteiger partial charge is 0.0594 e. The molecule has 2 fully saturated rings. The van der Waals surface area contributed by atoms with E-state index in [-0.39, 0.29) is 0 Å². The number of aromatic nitrogens is 1. The van der Waals surface area contributed by atoms with Gasteiger partial charge < -0.3 is 10.1 Å². The Hall–Kier alpha value is -0.970. The van der Waals surface area contributed by atoms with Crippen molar-refractivity contribution < 1.29 is 4.74 Å². The predicted octanol–water partition coefficient (Wildman–Crippen LogP) is 2.21. The average Bonchev–Trinajstić information content (AvgIpc) is 2.58. The minimum absolute atomic E-state index is 0.351. The fourth-order valence-electron chi connectivity index (χ4n) is 3.79. The van der Waals surface area contributed by atoms with E-state index in [4.69, 9.17) is 4.74 Å². The van der Waals surface area contributed by atoms with Gasteiger partial charge in [0.25, 0.3) is 0 Å². The fraction of sp³-hybridized carbons (Fsp3) is 0.706. The molecule has 1 aliphatic heterocycles. The van der Waals surface area contributed by atoms with Gasteiger partial charge in [0.2, 0.25) is 0 Å². The molecular weight excluding hydrogens is 262 g/mol. The number of morpholine rings is 1. The highest BCUT2D eigenvalue weighted by molar-refractivity contribution is 5.08. The van der Waals surface area contributed by atoms with E-state index >= 15 is 0 Å². The standard InChI is InChI=1S/C17H27N3O/c1-2-6-17(7-3-1,20-9-11-21-12-10-20)15-19-14-16-5-4-8-18-13-16/h4-5,8,13,19H,1-3,6-7,9-12,14-15H2. The predicted molar refractivity (Wildman–Crippen MR) is 84.2 cm³/mol. The summed E-state index contributed by atoms with van der Waals surface area (Å²) in [5.74, 6) is 0. The molecule has 4 heteroatoms. The molecule has 0 atom stereocenters. The number of pyridine rings is 1. The van der Waals surface area contributed by atoms with Crippen molar-refractivity contribution >= 4 is 0 Å². The van der Waals surface area contributed by atoms with Gasteiger partial charge in [0, 0.05) is 44.1 Å². The van der Waals surface area contributed by atoms with Crippen LogP contribution in [0.5, 0.6) is 0 Å². The van der Waals surface area contributed by atoms with Crippen LogP contribution in [0.2, 0.25) is 0 Å². The molecule has 3 rings (SSSR count). The highest BCUT2D eigenvalue weighted by Crippen LogP contribution is 2.33. The van der Waals surface area contributed by atoms with Crippen molar-refractivity contribution in [3.05, 3.63) is 30.1 Å². The molecule has 0 spiro atoms. The van der Waals surface area contributed by atoms with Gasteiger partial charge in [-0.3, -0.25) is 9.88 Å². The Kier molecular flexibility index (Phi) is 5.22. The van der Waals surface area contributed by atoms with Crippen LogP contribution in [0.15, 0.2) is 24.5 Å². The highest BCUT2D eigenvalue weighted by atomic mass is 16.5. The molecule has 0 unspecified atom stereocenters. The summed E-state index contributed by atoms with van der Waals surface area (Å²) in [6.07, 6.45) is 10.6. The van der Waals surface area contributed by atoms with E-state index in [1.165, 1.54) is 37.7 Å². The molecule has 1 saturated heterocycles. The van der Waals surface area contributed by atoms with Crippen LogP contribution in [-0.2, 0) is 11.3 Å². The highest BCUT2D eigenvalue weighted by Gasteiger charge is 2.38. The molecular formula is C17H27N3O. The molecule has 1 aliphatic carbocycles. The van der Waals surface area contributed by atoms with E-state index < -0.39 is 0 Å². The van der Waals surface area contributed by atoms with Crippen molar-refractivity contribution in [3.63, 3.8) is 0 Å². The van der Waals surface area contributed by atoms with Crippen molar-refractivity contribution in [2.75, 3.05) is 32.8 Å². The Morgan fingerprint density at radius 3 is 2.71 bits per heavy atom. The first-order chi connectivity index (χ1) is 10.4. The van der Waals surface area contributed by atoms with Crippen LogP contribution < -0.4 is 5.32 Å². The van der Waals surface area contributed by atoms with Gasteiger partial charge in [-0.15, -0.1) is 0 Å². The SMILES string of the molecule is c1cncc(CNCC2(N3CCOCC3)CCCCC2)c1. The Morgan fingerprint density at radius 2 is 2.00 bits per heavy atom. The maximum absolute atomic E-state index is 5.54. The van der Waals surface area contributed by atoms with Crippen LogP contribution in [0.3, 0.4) is 0 Å². The number of nitrogens with zero attached hydrogens (tertiary/aromatic N) is 2. The Labute approximate surface area is 127 Å². The molecule has 1 aromatic heterocycles. The van der Waals surface area contributed by atoms with Gasteiger partial charge in [0.05, 0.1) is 13.2 Å². The topological polar surface area (TPSA) is 37.4 Å². The van der Waals surface area contributed by atoms with Crippen LogP contribution >= 0.6 is 0 Å². The second-order valence-corrected chi connectivity index (χ2v) is 6.35. The second-order valence-electron chi connectivity index (χ2n) is 6.35. The number of nitrogens with one attached hydrogen (secondary N) is 1. The van der Waals surface area contributed by atoms with E-state index in [1.807, 2.05) is 18.5 Å². The number of hydrogen-bond acceptors (Lipinski definition) is 4. The third-order valence-electron chi connectivity index (χ3n) is 4.97. The third kappa shape index (κ3) is 3.82. The molecule has 0 bridgehead atoms. The Morgan fingerprint density at radius 1 is 1.19 bits per heavy atom. The average molecular weight is 289 g/mol. The second kappa shape index (κ2) is 7.34. The third-order valence-corrected chi connectivity index (χ3v) is 4.97. The lowest BCUT2D eigenvalue weighted by atomic mass is 9.79. The molecule has 4 nitrogen and oxygen atoms in total. The number of hydrogen-bond donors (Lipinski definition) is 1. The van der Waals surface area contributed by atoms with Crippen molar-refractivity contribution in [1.82, 2.24) is 15.2 Å². The summed E-state index contributed by atoms with van der Waals surface area (Å²) < 4.78 is 5.54. The first kappa shape index (κ1) is 14.9. The molecule has 2 heterocycles. The van der Waals surface area contributed by atoms with Gasteiger partial charge in [0.15, 0.2) is 0 Å². The maximum atomic E-state index is 5.54. The zero-order valence-electron chi connectivity index (χ0n) is 12.9. The summed E-state index contributed by atoms with van der Waals surface area (Å²) >= 11 is 0. The molecule has 0 aromatic carbocycles. The lowest BCUT2D eigenvalue weighted by Gasteiger charge is -2.48. The van der Waals surface area contributed by atoms with E-state index in [2.05, 4.69) is 21.3 Å². The van der Waals surface area contributed by atoms with E-state index in [1.54, 1.807) is 0 Å². The summed E-state index contributed by atoms with van der Waals surface area (Å²) in [6.45, 7) is 5.97. The summed E-state index contributed by atoms with van der Waals surface area (Å²) in [5.41, 5.74) is 1.62. The van der Waals surface area contributed by atoms with Crippen molar-refractivity contribution in [3.8, 4) is 0 Å². The van der Waals surface area contributed by atoms with Crippen molar-refractivity contribution in [2.24, 2.45) is 0 Å². The molecule has 1 saturated carbocycles. The lowest BCUT2D eigenvalue weighted by Crippen LogP contribution is -2.59. The number of ether oxygens (including phenoxy) is 1. The Balaban J connectivity index is 1.59. The maximum Gasteiger partial charge on any atom is 0.0594 e. The summed E-state index contributed by atoms with van der Waals surface area (Å²) in [4.78, 5) is 6.88. The first-order valence-corrected chi connectivity index (χ1v) is 8.32. The molecule has 0 amide bonds. The molecule has 2 aliphatic rings. The molecule has 116 valence electrons. The zero-order chi connectivity index (χ0) is 14.4. The minimum atomic E-state index is 0.351. The van der Waals surface area contributed by atoms with Gasteiger partial charge in [-0.1, -0.05) is 25.3 Å². The summed E-state index contributed by atoms with van der Waals surface area (Å²) in [5, 5.41) is 3.69. The fourth-order valence-corrected chi connectivity index (χ4v) is 3.79. The van der Waals surface area contributed by atoms with Crippen molar-refractivity contribution in [2.45, 2.75) is 44.2 Å². The van der Waals surface area contributed by atoms with Crippen LogP contribution in [-0.4, -0.2) is 48.3 Å². The van der Waals surface area contributed by atoms with E-state index in [9.17, 15) is 0 Å². The summed E-state index contributed by atoms with van der Waals surface area (Å²) in [7, 11) is 0. The Bertz CT molecular complexity index is 411. The minimum Gasteiger partial charge on any atom is -0.379 e. The van der Waals surface area contributed by atoms with E-state index in [0.717, 1.165) is 39.4 Å². The van der Waals surface area contributed by atoms with E-state index in [0.29, 0.717) is 5.54 Å². The summed E-state index contributed by atoms with van der Waals surface area (Å²) in [6, 6.07) is 4.15. The van der Waals surface area contributed by atoms with Crippen LogP contribution in [0.4, 0.5) is 0 Å². The van der Waals surface area contributed by atoms with Gasteiger partial charge >= 0.3 is 0 Å². The van der Waals surface area contributed by atoms with Crippen molar-refractivity contribution in [1.29, 1.82) is 0 Å². The van der Waals surface area contributed by atoms with Gasteiger partial charge in [-0.05, 0) is 24.5 Å². The van der Waals surface area contributed by atoms with Crippen LogP contribution in [0, 0.1) is 0 Å². The quantitative estimate of drug-likeness (QED) is 0.902. The van der Waals surface area contributed by atoms with Gasteiger partial charge in [-0.25, -0.2) is 0 Å². The largest absolute Gasteiger partial charge is 0.379 e. The monoisotopic (exact) mass is 289 g/mol. The lowest BCUT2D eigenvalue weighted by molar-refractivity contribution is -0.0369.